The normalized spacial score (nSPS) is 15.2. The van der Waals surface area contributed by atoms with E-state index in [4.69, 9.17) is 5.73 Å². The molecule has 0 spiro atoms. The van der Waals surface area contributed by atoms with Crippen LogP contribution in [0.15, 0.2) is 53.7 Å². The van der Waals surface area contributed by atoms with Crippen LogP contribution >= 0.6 is 0 Å². The summed E-state index contributed by atoms with van der Waals surface area (Å²) in [6.45, 7) is 2.99. The number of anilines is 1. The number of guanidine groups is 1. The molecule has 29 heavy (non-hydrogen) atoms. The van der Waals surface area contributed by atoms with Crippen LogP contribution in [0.4, 0.5) is 5.82 Å². The molecule has 1 saturated heterocycles. The van der Waals surface area contributed by atoms with Gasteiger partial charge in [-0.25, -0.2) is 4.98 Å². The summed E-state index contributed by atoms with van der Waals surface area (Å²) in [5.41, 5.74) is 7.80. The van der Waals surface area contributed by atoms with Crippen LogP contribution in [-0.4, -0.2) is 48.9 Å². The quantitative estimate of drug-likeness (QED) is 0.578. The van der Waals surface area contributed by atoms with Crippen LogP contribution in [0.25, 0.3) is 0 Å². The largest absolute Gasteiger partial charge is 0.369 e. The average molecular weight is 395 g/mol. The number of piperidine rings is 1. The zero-order chi connectivity index (χ0) is 20.6. The lowest BCUT2D eigenvalue weighted by Crippen LogP contribution is -2.40. The van der Waals surface area contributed by atoms with Gasteiger partial charge < -0.3 is 20.9 Å². The molecule has 0 aliphatic carbocycles. The predicted molar refractivity (Wildman–Crippen MR) is 116 cm³/mol. The third-order valence-electron chi connectivity index (χ3n) is 5.34. The van der Waals surface area contributed by atoms with E-state index in [1.165, 1.54) is 5.56 Å². The first-order valence-corrected chi connectivity index (χ1v) is 10.0. The molecule has 3 N–H and O–H groups in total. The number of hydrogen-bond acceptors (Lipinski definition) is 4. The minimum Gasteiger partial charge on any atom is -0.369 e. The van der Waals surface area contributed by atoms with Crippen molar-refractivity contribution in [1.29, 1.82) is 0 Å². The first-order valence-electron chi connectivity index (χ1n) is 10.0. The van der Waals surface area contributed by atoms with E-state index in [0.29, 0.717) is 6.54 Å². The second kappa shape index (κ2) is 9.91. The summed E-state index contributed by atoms with van der Waals surface area (Å²) in [6, 6.07) is 14.4. The summed E-state index contributed by atoms with van der Waals surface area (Å²) in [6.07, 6.45) is 3.37. The van der Waals surface area contributed by atoms with Gasteiger partial charge >= 0.3 is 0 Å². The van der Waals surface area contributed by atoms with Crippen LogP contribution in [0.5, 0.6) is 0 Å². The van der Waals surface area contributed by atoms with E-state index in [-0.39, 0.29) is 11.8 Å². The molecule has 1 aliphatic rings. The first-order chi connectivity index (χ1) is 14.1. The molecule has 7 nitrogen and oxygen atoms in total. The third kappa shape index (κ3) is 5.47. The van der Waals surface area contributed by atoms with E-state index in [2.05, 4.69) is 43.3 Å². The summed E-state index contributed by atoms with van der Waals surface area (Å²) in [7, 11) is 3.82. The number of rotatable bonds is 6. The third-order valence-corrected chi connectivity index (χ3v) is 5.34. The highest BCUT2D eigenvalue weighted by Gasteiger charge is 2.25. The van der Waals surface area contributed by atoms with Crippen molar-refractivity contribution in [3.8, 4) is 0 Å². The van der Waals surface area contributed by atoms with Gasteiger partial charge in [0.15, 0.2) is 5.96 Å². The monoisotopic (exact) mass is 394 g/mol. The van der Waals surface area contributed by atoms with Crippen molar-refractivity contribution < 1.29 is 4.79 Å². The Morgan fingerprint density at radius 2 is 1.97 bits per heavy atom. The van der Waals surface area contributed by atoms with Gasteiger partial charge in [0.1, 0.15) is 5.82 Å². The summed E-state index contributed by atoms with van der Waals surface area (Å²) in [5.74, 6) is 1.57. The zero-order valence-electron chi connectivity index (χ0n) is 17.2. The minimum absolute atomic E-state index is 0.0259. The maximum atomic E-state index is 11.4. The second-order valence-electron chi connectivity index (χ2n) is 7.39. The Kier molecular flexibility index (Phi) is 7.05. The van der Waals surface area contributed by atoms with Crippen LogP contribution in [0.3, 0.4) is 0 Å². The Bertz CT molecular complexity index is 830. The summed E-state index contributed by atoms with van der Waals surface area (Å²) in [5, 5.41) is 3.45. The van der Waals surface area contributed by atoms with Gasteiger partial charge in [-0.2, -0.15) is 0 Å². The number of primary amides is 1. The molecule has 1 aromatic carbocycles. The van der Waals surface area contributed by atoms with Gasteiger partial charge in [0, 0.05) is 58.0 Å². The van der Waals surface area contributed by atoms with Gasteiger partial charge in [0.2, 0.25) is 5.91 Å². The number of amides is 1. The predicted octanol–water partition coefficient (Wildman–Crippen LogP) is 1.99. The fourth-order valence-electron chi connectivity index (χ4n) is 3.72. The fourth-order valence-corrected chi connectivity index (χ4v) is 3.72. The molecule has 2 heterocycles. The SMILES string of the molecule is CN=C(NCc1cccnc1N1CCC(C(N)=O)CC1)N(C)Cc1ccccc1. The number of pyridine rings is 1. The summed E-state index contributed by atoms with van der Waals surface area (Å²) in [4.78, 5) is 24.8. The van der Waals surface area contributed by atoms with Crippen molar-refractivity contribution in [1.82, 2.24) is 15.2 Å². The van der Waals surface area contributed by atoms with Crippen molar-refractivity contribution in [2.24, 2.45) is 16.6 Å². The molecular formula is C22H30N6O. The van der Waals surface area contributed by atoms with Crippen molar-refractivity contribution >= 4 is 17.7 Å². The number of nitrogens with one attached hydrogen (secondary N) is 1. The average Bonchev–Trinajstić information content (AvgIpc) is 2.75. The molecule has 1 aromatic heterocycles. The minimum atomic E-state index is -0.196. The van der Waals surface area contributed by atoms with E-state index in [1.54, 1.807) is 7.05 Å². The fraction of sp³-hybridized carbons (Fsp3) is 0.409. The Balaban J connectivity index is 1.62. The molecule has 0 atom stereocenters. The molecule has 1 aliphatic heterocycles. The molecule has 0 unspecified atom stereocenters. The number of nitrogens with two attached hydrogens (primary N) is 1. The molecule has 3 rings (SSSR count). The molecule has 7 heteroatoms. The van der Waals surface area contributed by atoms with Crippen molar-refractivity contribution in [3.63, 3.8) is 0 Å². The Labute approximate surface area is 172 Å². The van der Waals surface area contributed by atoms with E-state index in [1.807, 2.05) is 37.5 Å². The number of aromatic nitrogens is 1. The highest BCUT2D eigenvalue weighted by atomic mass is 16.1. The van der Waals surface area contributed by atoms with Crippen LogP contribution < -0.4 is 16.0 Å². The van der Waals surface area contributed by atoms with Crippen LogP contribution in [0, 0.1) is 5.92 Å². The molecule has 154 valence electrons. The number of benzene rings is 1. The molecule has 1 fully saturated rings. The molecular weight excluding hydrogens is 364 g/mol. The standard InChI is InChI=1S/C22H30N6O/c1-24-22(27(2)16-17-7-4-3-5-8-17)26-15-19-9-6-12-25-21(19)28-13-10-18(11-14-28)20(23)29/h3-9,12,18H,10-11,13-16H2,1-2H3,(H2,23,29)(H,24,26). The van der Waals surface area contributed by atoms with Gasteiger partial charge in [-0.3, -0.25) is 9.79 Å². The summed E-state index contributed by atoms with van der Waals surface area (Å²) < 4.78 is 0. The molecule has 0 radical (unpaired) electrons. The second-order valence-corrected chi connectivity index (χ2v) is 7.39. The summed E-state index contributed by atoms with van der Waals surface area (Å²) >= 11 is 0. The topological polar surface area (TPSA) is 86.9 Å². The first kappa shape index (κ1) is 20.6. The van der Waals surface area contributed by atoms with Crippen molar-refractivity contribution in [2.75, 3.05) is 32.1 Å². The van der Waals surface area contributed by atoms with Gasteiger partial charge in [-0.05, 0) is 24.5 Å². The van der Waals surface area contributed by atoms with E-state index < -0.39 is 0 Å². The van der Waals surface area contributed by atoms with E-state index >= 15 is 0 Å². The molecule has 1 amide bonds. The lowest BCUT2D eigenvalue weighted by Gasteiger charge is -2.32. The van der Waals surface area contributed by atoms with Gasteiger partial charge in [-0.15, -0.1) is 0 Å². The maximum absolute atomic E-state index is 11.4. The van der Waals surface area contributed by atoms with Gasteiger partial charge in [-0.1, -0.05) is 36.4 Å². The Morgan fingerprint density at radius 3 is 2.62 bits per heavy atom. The van der Waals surface area contributed by atoms with Crippen LogP contribution in [-0.2, 0) is 17.9 Å². The molecule has 2 aromatic rings. The number of carbonyl (C=O) groups excluding carboxylic acids is 1. The Morgan fingerprint density at radius 1 is 1.24 bits per heavy atom. The highest BCUT2D eigenvalue weighted by molar-refractivity contribution is 5.79. The van der Waals surface area contributed by atoms with Gasteiger partial charge in [0.25, 0.3) is 0 Å². The van der Waals surface area contributed by atoms with Crippen molar-refractivity contribution in [2.45, 2.75) is 25.9 Å². The van der Waals surface area contributed by atoms with E-state index in [9.17, 15) is 4.79 Å². The highest BCUT2D eigenvalue weighted by Crippen LogP contribution is 2.24. The smallest absolute Gasteiger partial charge is 0.220 e. The number of aliphatic imine (C=N–C) groups is 1. The van der Waals surface area contributed by atoms with Crippen LogP contribution in [0.2, 0.25) is 0 Å². The zero-order valence-corrected chi connectivity index (χ0v) is 17.2. The lowest BCUT2D eigenvalue weighted by molar-refractivity contribution is -0.122. The Hall–Kier alpha value is -3.09. The molecule has 0 saturated carbocycles. The number of nitrogens with zero attached hydrogens (tertiary/aromatic N) is 4. The van der Waals surface area contributed by atoms with Crippen molar-refractivity contribution in [3.05, 3.63) is 59.8 Å². The molecule has 0 bridgehead atoms. The van der Waals surface area contributed by atoms with Gasteiger partial charge in [0.05, 0.1) is 0 Å². The van der Waals surface area contributed by atoms with E-state index in [0.717, 1.165) is 49.8 Å². The maximum Gasteiger partial charge on any atom is 0.220 e. The number of hydrogen-bond donors (Lipinski definition) is 2. The lowest BCUT2D eigenvalue weighted by atomic mass is 9.96. The number of carbonyl (C=O) groups is 1. The van der Waals surface area contributed by atoms with Crippen LogP contribution in [0.1, 0.15) is 24.0 Å².